The lowest BCUT2D eigenvalue weighted by molar-refractivity contribution is -0.138. The summed E-state index contributed by atoms with van der Waals surface area (Å²) in [5, 5.41) is 11.3. The van der Waals surface area contributed by atoms with Crippen molar-refractivity contribution in [3.8, 4) is 0 Å². The quantitative estimate of drug-likeness (QED) is 0.650. The molecule has 1 rings (SSSR count). The van der Waals surface area contributed by atoms with Gasteiger partial charge in [0.2, 0.25) is 0 Å². The molecule has 0 saturated carbocycles. The molecule has 0 aliphatic carbocycles. The topological polar surface area (TPSA) is 82.1 Å². The van der Waals surface area contributed by atoms with Gasteiger partial charge in [0, 0.05) is 32.7 Å². The number of carbonyl (C=O) groups excluding carboxylic acids is 1. The molecule has 2 N–H and O–H groups in total. The molecule has 0 bridgehead atoms. The predicted octanol–water partition coefficient (Wildman–Crippen LogP) is 0.0700. The fourth-order valence-corrected chi connectivity index (χ4v) is 2.04. The van der Waals surface area contributed by atoms with Crippen LogP contribution in [-0.2, 0) is 9.53 Å². The predicted molar refractivity (Wildman–Crippen MR) is 70.5 cm³/mol. The van der Waals surface area contributed by atoms with Crippen molar-refractivity contribution in [2.45, 2.75) is 12.8 Å². The van der Waals surface area contributed by atoms with Crippen LogP contribution in [0.1, 0.15) is 6.42 Å². The molecule has 21 heavy (non-hydrogen) atoms. The molecule has 2 amide bonds. The zero-order chi connectivity index (χ0) is 15.7. The average Bonchev–Trinajstić information content (AvgIpc) is 2.62. The Hall–Kier alpha value is -1.48. The van der Waals surface area contributed by atoms with Gasteiger partial charge in [-0.2, -0.15) is 0 Å². The molecule has 0 radical (unpaired) electrons. The number of nitrogens with one attached hydrogen (secondary N) is 1. The van der Waals surface area contributed by atoms with Crippen LogP contribution in [0.25, 0.3) is 0 Å². The van der Waals surface area contributed by atoms with Crippen LogP contribution in [0.4, 0.5) is 13.6 Å². The molecule has 7 nitrogen and oxygen atoms in total. The number of amides is 2. The van der Waals surface area contributed by atoms with Crippen molar-refractivity contribution in [2.24, 2.45) is 0 Å². The van der Waals surface area contributed by atoms with Crippen LogP contribution >= 0.6 is 0 Å². The molecule has 9 heteroatoms. The largest absolute Gasteiger partial charge is 0.480 e. The van der Waals surface area contributed by atoms with Gasteiger partial charge in [-0.3, -0.25) is 9.69 Å². The van der Waals surface area contributed by atoms with E-state index in [0.29, 0.717) is 32.6 Å². The molecule has 1 saturated heterocycles. The molecule has 1 aliphatic heterocycles. The highest BCUT2D eigenvalue weighted by Crippen LogP contribution is 2.03. The Morgan fingerprint density at radius 2 is 2.00 bits per heavy atom. The van der Waals surface area contributed by atoms with Gasteiger partial charge >= 0.3 is 12.0 Å². The van der Waals surface area contributed by atoms with Crippen LogP contribution in [0.15, 0.2) is 0 Å². The summed E-state index contributed by atoms with van der Waals surface area (Å²) in [4.78, 5) is 25.9. The number of nitrogens with zero attached hydrogens (tertiary/aromatic N) is 2. The Morgan fingerprint density at radius 3 is 2.67 bits per heavy atom. The van der Waals surface area contributed by atoms with E-state index in [2.05, 4.69) is 10.1 Å². The van der Waals surface area contributed by atoms with Crippen molar-refractivity contribution >= 4 is 12.0 Å². The van der Waals surface area contributed by atoms with Gasteiger partial charge in [-0.1, -0.05) is 0 Å². The van der Waals surface area contributed by atoms with Crippen molar-refractivity contribution in [1.82, 2.24) is 15.1 Å². The van der Waals surface area contributed by atoms with Gasteiger partial charge < -0.3 is 20.1 Å². The second kappa shape index (κ2) is 9.46. The minimum atomic E-state index is -2.51. The van der Waals surface area contributed by atoms with Crippen molar-refractivity contribution in [2.75, 3.05) is 52.5 Å². The fraction of sp³-hybridized carbons (Fsp3) is 0.833. The summed E-state index contributed by atoms with van der Waals surface area (Å²) >= 11 is 0. The molecule has 0 aromatic rings. The first-order valence-corrected chi connectivity index (χ1v) is 6.82. The molecule has 0 aromatic carbocycles. The molecule has 0 unspecified atom stereocenters. The molecular weight excluding hydrogens is 288 g/mol. The van der Waals surface area contributed by atoms with Gasteiger partial charge in [-0.15, -0.1) is 0 Å². The average molecular weight is 309 g/mol. The Bertz CT molecular complexity index is 344. The zero-order valence-electron chi connectivity index (χ0n) is 11.8. The molecule has 122 valence electrons. The maximum atomic E-state index is 11.9. The maximum Gasteiger partial charge on any atom is 0.317 e. The first kappa shape index (κ1) is 17.6. The lowest BCUT2D eigenvalue weighted by Gasteiger charge is -2.21. The molecule has 0 aromatic heterocycles. The van der Waals surface area contributed by atoms with Crippen molar-refractivity contribution in [1.29, 1.82) is 0 Å². The number of carbonyl (C=O) groups is 2. The summed E-state index contributed by atoms with van der Waals surface area (Å²) < 4.78 is 28.3. The minimum Gasteiger partial charge on any atom is -0.480 e. The van der Waals surface area contributed by atoms with Crippen molar-refractivity contribution < 1.29 is 28.2 Å². The van der Waals surface area contributed by atoms with E-state index in [1.807, 2.05) is 0 Å². The summed E-state index contributed by atoms with van der Waals surface area (Å²) in [6.07, 6.45) is -1.81. The van der Waals surface area contributed by atoms with Crippen LogP contribution in [0.2, 0.25) is 0 Å². The van der Waals surface area contributed by atoms with Crippen LogP contribution in [0, 0.1) is 0 Å². The third-order valence-electron chi connectivity index (χ3n) is 3.00. The Balaban J connectivity index is 2.20. The van der Waals surface area contributed by atoms with Crippen LogP contribution in [0.5, 0.6) is 0 Å². The van der Waals surface area contributed by atoms with E-state index in [4.69, 9.17) is 5.11 Å². The number of carboxylic acid groups (broad SMARTS) is 1. The van der Waals surface area contributed by atoms with E-state index in [9.17, 15) is 18.4 Å². The highest BCUT2D eigenvalue weighted by molar-refractivity contribution is 5.74. The number of hydrogen-bond donors (Lipinski definition) is 2. The lowest BCUT2D eigenvalue weighted by Crippen LogP contribution is -2.43. The Morgan fingerprint density at radius 1 is 1.24 bits per heavy atom. The van der Waals surface area contributed by atoms with Gasteiger partial charge in [-0.25, -0.2) is 13.6 Å². The van der Waals surface area contributed by atoms with E-state index < -0.39 is 19.0 Å². The monoisotopic (exact) mass is 309 g/mol. The van der Waals surface area contributed by atoms with E-state index in [-0.39, 0.29) is 25.7 Å². The van der Waals surface area contributed by atoms with Crippen LogP contribution in [0.3, 0.4) is 0 Å². The fourth-order valence-electron chi connectivity index (χ4n) is 2.04. The number of halogens is 2. The number of aliphatic carboxylic acids is 1. The van der Waals surface area contributed by atoms with Gasteiger partial charge in [0.05, 0.1) is 13.2 Å². The van der Waals surface area contributed by atoms with E-state index >= 15 is 0 Å². The van der Waals surface area contributed by atoms with Gasteiger partial charge in [-0.05, 0) is 6.42 Å². The second-order valence-electron chi connectivity index (χ2n) is 4.71. The third kappa shape index (κ3) is 7.76. The number of hydrogen-bond acceptors (Lipinski definition) is 4. The normalized spacial score (nSPS) is 16.8. The van der Waals surface area contributed by atoms with E-state index in [1.54, 1.807) is 9.80 Å². The summed E-state index contributed by atoms with van der Waals surface area (Å²) in [6.45, 7) is 1.66. The summed E-state index contributed by atoms with van der Waals surface area (Å²) in [5.74, 6) is -0.885. The standard InChI is InChI=1S/C12H21F2N3O4/c13-10(14)9-21-7-2-15-12(20)17-4-1-3-16(5-6-17)8-11(18)19/h10H,1-9H2,(H,15,20)(H,18,19). The molecule has 1 fully saturated rings. The number of ether oxygens (including phenoxy) is 1. The van der Waals surface area contributed by atoms with E-state index in [1.165, 1.54) is 0 Å². The van der Waals surface area contributed by atoms with Crippen molar-refractivity contribution in [3.63, 3.8) is 0 Å². The number of urea groups is 1. The number of carboxylic acids is 1. The molecule has 0 spiro atoms. The summed E-state index contributed by atoms with van der Waals surface area (Å²) in [6, 6.07) is -0.284. The summed E-state index contributed by atoms with van der Waals surface area (Å²) in [5.41, 5.74) is 0. The van der Waals surface area contributed by atoms with Gasteiger partial charge in [0.15, 0.2) is 0 Å². The first-order chi connectivity index (χ1) is 9.99. The smallest absolute Gasteiger partial charge is 0.317 e. The maximum absolute atomic E-state index is 11.9. The Labute approximate surface area is 121 Å². The zero-order valence-corrected chi connectivity index (χ0v) is 11.8. The van der Waals surface area contributed by atoms with Gasteiger partial charge in [0.25, 0.3) is 6.43 Å². The summed E-state index contributed by atoms with van der Waals surface area (Å²) in [7, 11) is 0. The molecular formula is C12H21F2N3O4. The number of alkyl halides is 2. The van der Waals surface area contributed by atoms with Crippen LogP contribution < -0.4 is 5.32 Å². The minimum absolute atomic E-state index is 0.0308. The highest BCUT2D eigenvalue weighted by atomic mass is 19.3. The number of rotatable bonds is 7. The second-order valence-corrected chi connectivity index (χ2v) is 4.71. The third-order valence-corrected chi connectivity index (χ3v) is 3.00. The van der Waals surface area contributed by atoms with Crippen LogP contribution in [-0.4, -0.2) is 85.8 Å². The Kier molecular flexibility index (Phi) is 7.91. The first-order valence-electron chi connectivity index (χ1n) is 6.82. The van der Waals surface area contributed by atoms with E-state index in [0.717, 1.165) is 0 Å². The SMILES string of the molecule is O=C(O)CN1CCCN(C(=O)NCCOCC(F)F)CC1. The lowest BCUT2D eigenvalue weighted by atomic mass is 10.4. The highest BCUT2D eigenvalue weighted by Gasteiger charge is 2.19. The molecule has 0 atom stereocenters. The van der Waals surface area contributed by atoms with Crippen molar-refractivity contribution in [3.05, 3.63) is 0 Å². The van der Waals surface area contributed by atoms with Gasteiger partial charge in [0.1, 0.15) is 6.61 Å². The molecule has 1 heterocycles. The molecule has 1 aliphatic rings.